The average Bonchev–Trinajstić information content (AvgIpc) is 3.16. The molecule has 0 unspecified atom stereocenters. The third-order valence-corrected chi connectivity index (χ3v) is 4.51. The molecule has 3 rings (SSSR count). The first-order chi connectivity index (χ1) is 11.5. The first-order valence-electron chi connectivity index (χ1n) is 7.25. The number of benzene rings is 1. The van der Waals surface area contributed by atoms with Crippen molar-refractivity contribution in [2.24, 2.45) is 11.8 Å². The van der Waals surface area contributed by atoms with Crippen LogP contribution < -0.4 is 14.8 Å². The van der Waals surface area contributed by atoms with Gasteiger partial charge in [-0.15, -0.1) is 0 Å². The second kappa shape index (κ2) is 6.33. The molecule has 2 heterocycles. The molecule has 7 nitrogen and oxygen atoms in total. The van der Waals surface area contributed by atoms with Gasteiger partial charge in [0.05, 0.1) is 43.1 Å². The van der Waals surface area contributed by atoms with E-state index in [2.05, 4.69) is 5.32 Å². The normalized spacial score (nSPS) is 27.1. The van der Waals surface area contributed by atoms with E-state index in [0.29, 0.717) is 22.2 Å². The molecule has 4 atom stereocenters. The molecule has 2 N–H and O–H groups in total. The maximum Gasteiger partial charge on any atom is 0.310 e. The summed E-state index contributed by atoms with van der Waals surface area (Å²) in [5, 5.41) is 12.4. The number of nitrogens with one attached hydrogen (secondary N) is 1. The largest absolute Gasteiger partial charge is 0.495 e. The van der Waals surface area contributed by atoms with Crippen molar-refractivity contribution in [1.82, 2.24) is 0 Å². The van der Waals surface area contributed by atoms with Gasteiger partial charge in [0.15, 0.2) is 0 Å². The molecule has 24 heavy (non-hydrogen) atoms. The van der Waals surface area contributed by atoms with Gasteiger partial charge in [0.2, 0.25) is 5.91 Å². The van der Waals surface area contributed by atoms with Gasteiger partial charge in [0.25, 0.3) is 0 Å². The number of hydrogen-bond acceptors (Lipinski definition) is 5. The van der Waals surface area contributed by atoms with E-state index in [-0.39, 0.29) is 0 Å². The molecule has 2 aliphatic heterocycles. The molecule has 1 aromatic carbocycles. The highest BCUT2D eigenvalue weighted by atomic mass is 35.5. The molecule has 1 saturated heterocycles. The Balaban J connectivity index is 1.87. The van der Waals surface area contributed by atoms with Crippen molar-refractivity contribution in [2.75, 3.05) is 19.5 Å². The number of rotatable bonds is 5. The number of fused-ring (bicyclic) bond motifs is 2. The minimum atomic E-state index is -1.06. The summed E-state index contributed by atoms with van der Waals surface area (Å²) >= 11 is 6.04. The summed E-state index contributed by atoms with van der Waals surface area (Å²) in [7, 11) is 2.89. The number of anilines is 1. The lowest BCUT2D eigenvalue weighted by molar-refractivity contribution is -0.145. The minimum Gasteiger partial charge on any atom is -0.495 e. The monoisotopic (exact) mass is 353 g/mol. The maximum absolute atomic E-state index is 12.7. The summed E-state index contributed by atoms with van der Waals surface area (Å²) in [5.41, 5.74) is 0.347. The van der Waals surface area contributed by atoms with E-state index in [1.54, 1.807) is 12.2 Å². The van der Waals surface area contributed by atoms with Gasteiger partial charge in [0, 0.05) is 12.1 Å². The number of hydrogen-bond donors (Lipinski definition) is 2. The van der Waals surface area contributed by atoms with Crippen molar-refractivity contribution in [3.05, 3.63) is 29.3 Å². The molecule has 128 valence electrons. The van der Waals surface area contributed by atoms with Gasteiger partial charge in [-0.1, -0.05) is 23.8 Å². The van der Waals surface area contributed by atoms with Crippen molar-refractivity contribution >= 4 is 29.2 Å². The van der Waals surface area contributed by atoms with Gasteiger partial charge in [0.1, 0.15) is 17.4 Å². The number of methoxy groups -OCH3 is 2. The number of carboxylic acids is 1. The first-order valence-corrected chi connectivity index (χ1v) is 7.63. The van der Waals surface area contributed by atoms with E-state index in [0.717, 1.165) is 0 Å². The number of carbonyl (C=O) groups is 2. The number of carbonyl (C=O) groups excluding carboxylic acids is 1. The van der Waals surface area contributed by atoms with Crippen molar-refractivity contribution in [2.45, 2.75) is 12.2 Å². The summed E-state index contributed by atoms with van der Waals surface area (Å²) in [6, 6.07) is 3.04. The zero-order chi connectivity index (χ0) is 17.4. The van der Waals surface area contributed by atoms with Gasteiger partial charge in [-0.3, -0.25) is 9.59 Å². The Labute approximate surface area is 143 Å². The van der Waals surface area contributed by atoms with Crippen molar-refractivity contribution < 1.29 is 28.9 Å². The van der Waals surface area contributed by atoms with Crippen LogP contribution in [0.3, 0.4) is 0 Å². The molecule has 2 bridgehead atoms. The molecule has 1 fully saturated rings. The van der Waals surface area contributed by atoms with E-state index in [4.69, 9.17) is 25.8 Å². The SMILES string of the molecule is COc1cc(NC(=O)[C@H]2[C@@H](C(=O)O)[C@@H]3C=C[C@H]2O3)c(OC)cc1Cl. The minimum absolute atomic E-state index is 0.335. The molecule has 1 amide bonds. The molecule has 2 aliphatic rings. The van der Waals surface area contributed by atoms with Crippen molar-refractivity contribution in [1.29, 1.82) is 0 Å². The predicted molar refractivity (Wildman–Crippen MR) is 85.6 cm³/mol. The molecule has 0 saturated carbocycles. The smallest absolute Gasteiger partial charge is 0.310 e. The Morgan fingerprint density at radius 2 is 1.75 bits per heavy atom. The lowest BCUT2D eigenvalue weighted by Crippen LogP contribution is -2.39. The van der Waals surface area contributed by atoms with Crippen molar-refractivity contribution in [3.63, 3.8) is 0 Å². The molecule has 1 aromatic rings. The molecular formula is C16H16ClNO6. The standard InChI is InChI=1S/C16H16ClNO6/c1-22-11-6-8(12(23-2)5-7(11)17)18-15(19)13-9-3-4-10(24-9)14(13)16(20)21/h3-6,9-10,13-14H,1-2H3,(H,18,19)(H,20,21)/t9-,10+,13-,14+/m1/s1. The predicted octanol–water partition coefficient (Wildman–Crippen LogP) is 1.95. The molecule has 8 heteroatoms. The average molecular weight is 354 g/mol. The number of carboxylic acid groups (broad SMARTS) is 1. The highest BCUT2D eigenvalue weighted by Gasteiger charge is 2.53. The van der Waals surface area contributed by atoms with Gasteiger partial charge in [-0.2, -0.15) is 0 Å². The number of amides is 1. The quantitative estimate of drug-likeness (QED) is 0.786. The van der Waals surface area contributed by atoms with E-state index >= 15 is 0 Å². The molecule has 0 spiro atoms. The van der Waals surface area contributed by atoms with E-state index in [1.165, 1.54) is 26.4 Å². The van der Waals surface area contributed by atoms with Crippen LogP contribution >= 0.6 is 11.6 Å². The van der Waals surface area contributed by atoms with Crippen LogP contribution in [-0.2, 0) is 14.3 Å². The lowest BCUT2D eigenvalue weighted by atomic mass is 9.82. The molecule has 0 radical (unpaired) electrons. The number of ether oxygens (including phenoxy) is 3. The zero-order valence-corrected chi connectivity index (χ0v) is 13.7. The van der Waals surface area contributed by atoms with Crippen LogP contribution in [0, 0.1) is 11.8 Å². The fraction of sp³-hybridized carbons (Fsp3) is 0.375. The van der Waals surface area contributed by atoms with Gasteiger partial charge in [-0.25, -0.2) is 0 Å². The van der Waals surface area contributed by atoms with Crippen LogP contribution in [0.25, 0.3) is 0 Å². The lowest BCUT2D eigenvalue weighted by Gasteiger charge is -2.22. The second-order valence-electron chi connectivity index (χ2n) is 5.52. The summed E-state index contributed by atoms with van der Waals surface area (Å²) in [6.07, 6.45) is 2.27. The zero-order valence-electron chi connectivity index (χ0n) is 13.0. The highest BCUT2D eigenvalue weighted by molar-refractivity contribution is 6.32. The van der Waals surface area contributed by atoms with Crippen LogP contribution in [0.15, 0.2) is 24.3 Å². The van der Waals surface area contributed by atoms with Crippen LogP contribution in [0.5, 0.6) is 11.5 Å². The summed E-state index contributed by atoms with van der Waals surface area (Å²) in [4.78, 5) is 24.1. The number of aliphatic carboxylic acids is 1. The third kappa shape index (κ3) is 2.70. The van der Waals surface area contributed by atoms with E-state index in [1.807, 2.05) is 0 Å². The van der Waals surface area contributed by atoms with E-state index < -0.39 is 35.9 Å². The highest BCUT2D eigenvalue weighted by Crippen LogP contribution is 2.41. The topological polar surface area (TPSA) is 94.1 Å². The summed E-state index contributed by atoms with van der Waals surface area (Å²) < 4.78 is 15.8. The Hall–Kier alpha value is -2.25. The van der Waals surface area contributed by atoms with Crippen LogP contribution in [-0.4, -0.2) is 43.4 Å². The first kappa shape index (κ1) is 16.6. The maximum atomic E-state index is 12.7. The van der Waals surface area contributed by atoms with Gasteiger partial charge < -0.3 is 24.6 Å². The van der Waals surface area contributed by atoms with Gasteiger partial charge in [-0.05, 0) is 0 Å². The number of halogens is 1. The van der Waals surface area contributed by atoms with E-state index in [9.17, 15) is 14.7 Å². The molecule has 0 aliphatic carbocycles. The third-order valence-electron chi connectivity index (χ3n) is 4.22. The molecular weight excluding hydrogens is 338 g/mol. The Morgan fingerprint density at radius 1 is 1.12 bits per heavy atom. The van der Waals surface area contributed by atoms with Crippen LogP contribution in [0.2, 0.25) is 5.02 Å². The fourth-order valence-corrected chi connectivity index (χ4v) is 3.32. The fourth-order valence-electron chi connectivity index (χ4n) is 3.09. The van der Waals surface area contributed by atoms with Crippen LogP contribution in [0.1, 0.15) is 0 Å². The Morgan fingerprint density at radius 3 is 2.33 bits per heavy atom. The Kier molecular flexibility index (Phi) is 4.38. The Bertz CT molecular complexity index is 719. The molecule has 0 aromatic heterocycles. The van der Waals surface area contributed by atoms with Gasteiger partial charge >= 0.3 is 5.97 Å². The second-order valence-corrected chi connectivity index (χ2v) is 5.92. The summed E-state index contributed by atoms with van der Waals surface area (Å²) in [5.74, 6) is -2.54. The summed E-state index contributed by atoms with van der Waals surface area (Å²) in [6.45, 7) is 0. The van der Waals surface area contributed by atoms with Crippen molar-refractivity contribution in [3.8, 4) is 11.5 Å². The van der Waals surface area contributed by atoms with Crippen LogP contribution in [0.4, 0.5) is 5.69 Å².